The zero-order valence-corrected chi connectivity index (χ0v) is 23.2. The lowest BCUT2D eigenvalue weighted by Crippen LogP contribution is -2.40. The molecule has 1 unspecified atom stereocenters. The van der Waals surface area contributed by atoms with Crippen molar-refractivity contribution in [3.63, 3.8) is 0 Å². The molecule has 7 heteroatoms. The Kier molecular flexibility index (Phi) is 14.5. The van der Waals surface area contributed by atoms with Crippen LogP contribution in [0.2, 0.25) is 0 Å². The van der Waals surface area contributed by atoms with E-state index in [1.807, 2.05) is 25.2 Å². The number of nitrogens with two attached hydrogens (primary N) is 1. The van der Waals surface area contributed by atoms with Crippen LogP contribution in [0.4, 0.5) is 11.4 Å². The number of hydrogen-bond donors (Lipinski definition) is 5. The molecule has 1 amide bonds. The van der Waals surface area contributed by atoms with Gasteiger partial charge >= 0.3 is 0 Å². The van der Waals surface area contributed by atoms with Crippen molar-refractivity contribution in [2.75, 3.05) is 37.7 Å². The first-order chi connectivity index (χ1) is 18.5. The number of carbonyl (C=O) groups excluding carboxylic acids is 2. The van der Waals surface area contributed by atoms with Gasteiger partial charge in [-0.3, -0.25) is 4.79 Å². The molecule has 3 aromatic rings. The van der Waals surface area contributed by atoms with Crippen molar-refractivity contribution in [1.29, 1.82) is 0 Å². The smallest absolute Gasteiger partial charge is 0.237 e. The van der Waals surface area contributed by atoms with Crippen molar-refractivity contribution in [2.24, 2.45) is 0 Å². The van der Waals surface area contributed by atoms with E-state index in [-0.39, 0.29) is 11.9 Å². The first kappa shape index (κ1) is 30.8. The van der Waals surface area contributed by atoms with E-state index >= 15 is 0 Å². The van der Waals surface area contributed by atoms with Gasteiger partial charge in [-0.1, -0.05) is 60.5 Å². The van der Waals surface area contributed by atoms with Gasteiger partial charge in [-0.15, -0.1) is 0 Å². The Morgan fingerprint density at radius 1 is 0.974 bits per heavy atom. The highest BCUT2D eigenvalue weighted by Gasteiger charge is 2.21. The highest BCUT2D eigenvalue weighted by atomic mass is 16.2. The minimum Gasteiger partial charge on any atom is -0.397 e. The van der Waals surface area contributed by atoms with E-state index in [0.29, 0.717) is 12.2 Å². The number of anilines is 2. The van der Waals surface area contributed by atoms with Gasteiger partial charge in [-0.2, -0.15) is 0 Å². The fourth-order valence-electron chi connectivity index (χ4n) is 4.28. The minimum absolute atomic E-state index is 0.0288. The van der Waals surface area contributed by atoms with Gasteiger partial charge < -0.3 is 31.8 Å². The summed E-state index contributed by atoms with van der Waals surface area (Å²) in [4.78, 5) is 20.6. The predicted octanol–water partition coefficient (Wildman–Crippen LogP) is 4.79. The summed E-state index contributed by atoms with van der Waals surface area (Å²) in [5.41, 5.74) is 9.81. The van der Waals surface area contributed by atoms with Crippen molar-refractivity contribution in [1.82, 2.24) is 16.0 Å². The number of rotatable bonds is 4. The van der Waals surface area contributed by atoms with Gasteiger partial charge in [0.1, 0.15) is 6.29 Å². The molecular formula is C31H45N5O2. The Morgan fingerprint density at radius 3 is 2.24 bits per heavy atom. The molecule has 2 fully saturated rings. The number of nitrogen functional groups attached to an aromatic ring is 1. The lowest BCUT2D eigenvalue weighted by molar-refractivity contribution is -0.122. The third kappa shape index (κ3) is 11.3. The van der Waals surface area contributed by atoms with E-state index in [4.69, 9.17) is 10.5 Å². The maximum Gasteiger partial charge on any atom is 0.237 e. The Hall–Kier alpha value is -3.42. The maximum absolute atomic E-state index is 11.8. The van der Waals surface area contributed by atoms with Crippen LogP contribution >= 0.6 is 0 Å². The first-order valence-electron chi connectivity index (χ1n) is 13.6. The summed E-state index contributed by atoms with van der Waals surface area (Å²) in [6, 6.07) is 20.7. The topological polar surface area (TPSA) is 108 Å². The third-order valence-electron chi connectivity index (χ3n) is 6.34. The molecule has 1 atom stereocenters. The van der Waals surface area contributed by atoms with E-state index < -0.39 is 0 Å². The quantitative estimate of drug-likeness (QED) is 0.251. The van der Waals surface area contributed by atoms with Crippen LogP contribution in [0.25, 0.3) is 10.8 Å². The molecule has 7 nitrogen and oxygen atoms in total. The number of amides is 1. The Bertz CT molecular complexity index is 1100. The Labute approximate surface area is 228 Å². The van der Waals surface area contributed by atoms with Crippen LogP contribution in [0.3, 0.4) is 0 Å². The lowest BCUT2D eigenvalue weighted by Gasteiger charge is -2.12. The number of hydrogen-bond acceptors (Lipinski definition) is 6. The molecule has 206 valence electrons. The van der Waals surface area contributed by atoms with Gasteiger partial charge in [-0.05, 0) is 87.6 Å². The normalized spacial score (nSPS) is 15.9. The number of aldehydes is 1. The molecule has 2 saturated heterocycles. The van der Waals surface area contributed by atoms with Crippen molar-refractivity contribution in [2.45, 2.75) is 58.5 Å². The van der Waals surface area contributed by atoms with Crippen LogP contribution in [0.5, 0.6) is 0 Å². The second-order valence-corrected chi connectivity index (χ2v) is 9.44. The first-order valence-corrected chi connectivity index (χ1v) is 13.6. The molecule has 2 aliphatic heterocycles. The number of benzene rings is 3. The summed E-state index contributed by atoms with van der Waals surface area (Å²) in [7, 11) is 1.83. The molecule has 0 aromatic heterocycles. The highest BCUT2D eigenvalue weighted by molar-refractivity contribution is 5.83. The summed E-state index contributed by atoms with van der Waals surface area (Å²) in [5, 5.41) is 15.0. The van der Waals surface area contributed by atoms with Crippen LogP contribution in [0.1, 0.15) is 50.2 Å². The summed E-state index contributed by atoms with van der Waals surface area (Å²) in [6.45, 7) is 7.51. The minimum atomic E-state index is -0.0288. The number of fused-ring (bicyclic) bond motifs is 1. The zero-order valence-electron chi connectivity index (χ0n) is 23.2. The number of carbonyl (C=O) groups is 2. The van der Waals surface area contributed by atoms with Gasteiger partial charge in [0.15, 0.2) is 0 Å². The van der Waals surface area contributed by atoms with Crippen LogP contribution in [0, 0.1) is 6.92 Å². The second-order valence-electron chi connectivity index (χ2n) is 9.44. The van der Waals surface area contributed by atoms with E-state index in [0.717, 1.165) is 36.9 Å². The lowest BCUT2D eigenvalue weighted by atomic mass is 10.1. The van der Waals surface area contributed by atoms with Crippen LogP contribution in [0.15, 0.2) is 60.7 Å². The fourth-order valence-corrected chi connectivity index (χ4v) is 4.28. The van der Waals surface area contributed by atoms with E-state index in [1.165, 1.54) is 55.6 Å². The Morgan fingerprint density at radius 2 is 1.68 bits per heavy atom. The van der Waals surface area contributed by atoms with Gasteiger partial charge in [0.25, 0.3) is 0 Å². The van der Waals surface area contributed by atoms with Crippen molar-refractivity contribution < 1.29 is 9.59 Å². The van der Waals surface area contributed by atoms with E-state index in [2.05, 4.69) is 70.7 Å². The van der Waals surface area contributed by atoms with Crippen LogP contribution in [-0.4, -0.2) is 44.9 Å². The molecule has 0 spiro atoms. The summed E-state index contributed by atoms with van der Waals surface area (Å²) in [5.74, 6) is 0.0729. The van der Waals surface area contributed by atoms with Gasteiger partial charge in [0, 0.05) is 13.6 Å². The molecule has 0 saturated carbocycles. The van der Waals surface area contributed by atoms with Crippen molar-refractivity contribution in [3.05, 3.63) is 71.8 Å². The van der Waals surface area contributed by atoms with Crippen molar-refractivity contribution in [3.8, 4) is 0 Å². The summed E-state index contributed by atoms with van der Waals surface area (Å²) < 4.78 is 0. The standard InChI is InChI=1S/C13H20N4O.C11H10.C5H11N.C2H4O/c1-15-11-5-4-9(7-10(11)14)8-17-13(18)12-3-2-6-16-12;1-9-6-7-10-4-2-3-5-11(10)8-9;1-2-4-6-5-3-1;1-2-3/h4-5,7,12,15-16H,2-3,6,8,14H2,1H3,(H,17,18);2-8H,1H3;6H,1-5H2;2H,1H3. The van der Waals surface area contributed by atoms with Gasteiger partial charge in [0.05, 0.1) is 17.4 Å². The molecule has 0 radical (unpaired) electrons. The van der Waals surface area contributed by atoms with Crippen molar-refractivity contribution >= 4 is 34.3 Å². The molecule has 3 aromatic carbocycles. The molecule has 0 aliphatic carbocycles. The van der Waals surface area contributed by atoms with E-state index in [9.17, 15) is 4.79 Å². The highest BCUT2D eigenvalue weighted by Crippen LogP contribution is 2.19. The summed E-state index contributed by atoms with van der Waals surface area (Å²) >= 11 is 0. The number of piperidine rings is 1. The fraction of sp³-hybridized carbons (Fsp3) is 0.419. The third-order valence-corrected chi connectivity index (χ3v) is 6.34. The molecule has 38 heavy (non-hydrogen) atoms. The molecule has 2 heterocycles. The molecular weight excluding hydrogens is 474 g/mol. The molecule has 0 bridgehead atoms. The van der Waals surface area contributed by atoms with Gasteiger partial charge in [-0.25, -0.2) is 0 Å². The second kappa shape index (κ2) is 17.9. The predicted molar refractivity (Wildman–Crippen MR) is 160 cm³/mol. The Balaban J connectivity index is 0.000000213. The summed E-state index contributed by atoms with van der Waals surface area (Å²) in [6.07, 6.45) is 6.96. The average molecular weight is 520 g/mol. The number of nitrogens with one attached hydrogen (secondary N) is 4. The van der Waals surface area contributed by atoms with Gasteiger partial charge in [0.2, 0.25) is 5.91 Å². The maximum atomic E-state index is 11.8. The largest absolute Gasteiger partial charge is 0.397 e. The molecule has 6 N–H and O–H groups in total. The SMILES string of the molecule is C1CCNCC1.CC=O.CNc1ccc(CNC(=O)C2CCCN2)cc1N.Cc1ccc2ccccc2c1. The average Bonchev–Trinajstić information content (AvgIpc) is 3.49. The molecule has 2 aliphatic rings. The van der Waals surface area contributed by atoms with Crippen LogP contribution in [-0.2, 0) is 16.1 Å². The zero-order chi connectivity index (χ0) is 27.6. The number of aryl methyl sites for hydroxylation is 1. The van der Waals surface area contributed by atoms with E-state index in [1.54, 1.807) is 0 Å². The molecule has 5 rings (SSSR count). The monoisotopic (exact) mass is 519 g/mol. The van der Waals surface area contributed by atoms with Crippen LogP contribution < -0.4 is 27.0 Å².